The van der Waals surface area contributed by atoms with Crippen molar-refractivity contribution in [2.45, 2.75) is 19.9 Å². The number of nitrogen functional groups attached to an aromatic ring is 1. The van der Waals surface area contributed by atoms with E-state index < -0.39 is 0 Å². The van der Waals surface area contributed by atoms with E-state index in [2.05, 4.69) is 28.2 Å². The molecule has 0 saturated heterocycles. The van der Waals surface area contributed by atoms with E-state index in [1.165, 1.54) is 0 Å². The van der Waals surface area contributed by atoms with E-state index in [1.54, 1.807) is 23.9 Å². The number of rotatable bonds is 5. The van der Waals surface area contributed by atoms with E-state index in [9.17, 15) is 4.79 Å². The predicted molar refractivity (Wildman–Crippen MR) is 78.5 cm³/mol. The molecular weight excluding hydrogens is 300 g/mol. The summed E-state index contributed by atoms with van der Waals surface area (Å²) in [5.74, 6) is 1.86. The van der Waals surface area contributed by atoms with Gasteiger partial charge in [0.15, 0.2) is 0 Å². The number of hydrogen-bond donors (Lipinski definition) is 2. The van der Waals surface area contributed by atoms with Crippen molar-refractivity contribution in [3.05, 3.63) is 28.2 Å². The molecule has 0 fully saturated rings. The second kappa shape index (κ2) is 6.91. The number of halogens is 1. The van der Waals surface area contributed by atoms with Crippen LogP contribution >= 0.6 is 27.7 Å². The van der Waals surface area contributed by atoms with E-state index in [1.807, 2.05) is 13.0 Å². The highest BCUT2D eigenvalue weighted by Gasteiger charge is 2.12. The topological polar surface area (TPSA) is 55.1 Å². The van der Waals surface area contributed by atoms with E-state index in [4.69, 9.17) is 5.73 Å². The lowest BCUT2D eigenvalue weighted by Gasteiger charge is -2.14. The first-order valence-electron chi connectivity index (χ1n) is 5.48. The number of benzene rings is 1. The molecule has 1 unspecified atom stereocenters. The summed E-state index contributed by atoms with van der Waals surface area (Å²) >= 11 is 5.12. The molecule has 0 aliphatic rings. The Kier molecular flexibility index (Phi) is 5.85. The average Bonchev–Trinajstić information content (AvgIpc) is 2.26. The number of carbonyl (C=O) groups excluding carboxylic acids is 1. The lowest BCUT2D eigenvalue weighted by Crippen LogP contribution is -2.34. The maximum Gasteiger partial charge on any atom is 0.253 e. The van der Waals surface area contributed by atoms with Crippen molar-refractivity contribution in [3.8, 4) is 0 Å². The number of amides is 1. The van der Waals surface area contributed by atoms with Gasteiger partial charge in [0.2, 0.25) is 0 Å². The minimum absolute atomic E-state index is 0.112. The zero-order chi connectivity index (χ0) is 12.8. The van der Waals surface area contributed by atoms with Crippen LogP contribution in [0.5, 0.6) is 0 Å². The van der Waals surface area contributed by atoms with Crippen molar-refractivity contribution in [2.75, 3.05) is 17.2 Å². The lowest BCUT2D eigenvalue weighted by atomic mass is 10.1. The predicted octanol–water partition coefficient (Wildman–Crippen LogP) is 2.90. The van der Waals surface area contributed by atoms with Crippen molar-refractivity contribution in [1.82, 2.24) is 5.32 Å². The second-order valence-corrected chi connectivity index (χ2v) is 6.00. The van der Waals surface area contributed by atoms with Gasteiger partial charge in [0, 0.05) is 22.0 Å². The Bertz CT molecular complexity index is 398. The van der Waals surface area contributed by atoms with Crippen LogP contribution in [-0.4, -0.2) is 23.5 Å². The molecule has 1 rings (SSSR count). The highest BCUT2D eigenvalue weighted by Crippen LogP contribution is 2.18. The third-order valence-electron chi connectivity index (χ3n) is 2.21. The van der Waals surface area contributed by atoms with Crippen LogP contribution < -0.4 is 11.1 Å². The van der Waals surface area contributed by atoms with Gasteiger partial charge in [-0.15, -0.1) is 0 Å². The fourth-order valence-electron chi connectivity index (χ4n) is 1.38. The van der Waals surface area contributed by atoms with Crippen molar-refractivity contribution >= 4 is 39.3 Å². The zero-order valence-corrected chi connectivity index (χ0v) is 12.4. The number of nitrogens with two attached hydrogens (primary N) is 1. The number of hydrogen-bond acceptors (Lipinski definition) is 3. The molecule has 0 saturated carbocycles. The van der Waals surface area contributed by atoms with Crippen molar-refractivity contribution in [2.24, 2.45) is 0 Å². The summed E-state index contributed by atoms with van der Waals surface area (Å²) in [5, 5.41) is 2.94. The summed E-state index contributed by atoms with van der Waals surface area (Å²) in [4.78, 5) is 11.9. The van der Waals surface area contributed by atoms with Crippen LogP contribution in [0, 0.1) is 0 Å². The molecule has 1 aromatic rings. The first-order valence-corrected chi connectivity index (χ1v) is 7.43. The largest absolute Gasteiger partial charge is 0.398 e. The highest BCUT2D eigenvalue weighted by molar-refractivity contribution is 9.10. The smallest absolute Gasteiger partial charge is 0.253 e. The molecular formula is C12H17BrN2OS. The Balaban J connectivity index is 2.63. The summed E-state index contributed by atoms with van der Waals surface area (Å²) in [5.41, 5.74) is 6.82. The third-order valence-corrected chi connectivity index (χ3v) is 3.84. The third kappa shape index (κ3) is 4.60. The van der Waals surface area contributed by atoms with Gasteiger partial charge in [-0.1, -0.05) is 22.9 Å². The minimum atomic E-state index is -0.112. The Labute approximate surface area is 115 Å². The van der Waals surface area contributed by atoms with Gasteiger partial charge in [-0.3, -0.25) is 4.79 Å². The summed E-state index contributed by atoms with van der Waals surface area (Å²) in [6.07, 6.45) is 0. The zero-order valence-electron chi connectivity index (χ0n) is 10.00. The van der Waals surface area contributed by atoms with Gasteiger partial charge in [0.25, 0.3) is 5.91 Å². The maximum absolute atomic E-state index is 11.9. The maximum atomic E-state index is 11.9. The van der Waals surface area contributed by atoms with Gasteiger partial charge in [0.05, 0.1) is 5.56 Å². The highest BCUT2D eigenvalue weighted by atomic mass is 79.9. The lowest BCUT2D eigenvalue weighted by molar-refractivity contribution is 0.0944. The van der Waals surface area contributed by atoms with E-state index in [0.29, 0.717) is 11.3 Å². The normalized spacial score (nSPS) is 12.2. The molecule has 0 radical (unpaired) electrons. The Morgan fingerprint density at radius 2 is 2.29 bits per heavy atom. The Hall–Kier alpha value is -0.680. The van der Waals surface area contributed by atoms with Gasteiger partial charge in [-0.25, -0.2) is 0 Å². The molecule has 1 atom stereocenters. The first kappa shape index (κ1) is 14.4. The summed E-state index contributed by atoms with van der Waals surface area (Å²) in [6, 6.07) is 5.43. The molecule has 0 aromatic heterocycles. The standard InChI is InChI=1S/C12H17BrN2OS/c1-3-17-7-8(2)15-12(16)10-5-4-9(13)6-11(10)14/h4-6,8H,3,7,14H2,1-2H3,(H,15,16). The first-order chi connectivity index (χ1) is 8.04. The summed E-state index contributed by atoms with van der Waals surface area (Å²) in [6.45, 7) is 4.10. The van der Waals surface area contributed by atoms with E-state index in [0.717, 1.165) is 16.0 Å². The fourth-order valence-corrected chi connectivity index (χ4v) is 2.43. The molecule has 1 aromatic carbocycles. The van der Waals surface area contributed by atoms with Crippen LogP contribution in [0.3, 0.4) is 0 Å². The molecule has 1 amide bonds. The van der Waals surface area contributed by atoms with Gasteiger partial charge in [-0.2, -0.15) is 11.8 Å². The van der Waals surface area contributed by atoms with Gasteiger partial charge in [0.1, 0.15) is 0 Å². The molecule has 0 aliphatic carbocycles. The van der Waals surface area contributed by atoms with Crippen LogP contribution in [-0.2, 0) is 0 Å². The number of anilines is 1. The van der Waals surface area contributed by atoms with Crippen LogP contribution in [0.25, 0.3) is 0 Å². The molecule has 0 aliphatic heterocycles. The van der Waals surface area contributed by atoms with E-state index >= 15 is 0 Å². The number of carbonyl (C=O) groups is 1. The molecule has 3 nitrogen and oxygen atoms in total. The van der Waals surface area contributed by atoms with E-state index in [-0.39, 0.29) is 11.9 Å². The fraction of sp³-hybridized carbons (Fsp3) is 0.417. The molecule has 3 N–H and O–H groups in total. The Morgan fingerprint density at radius 1 is 1.59 bits per heavy atom. The minimum Gasteiger partial charge on any atom is -0.398 e. The molecule has 0 bridgehead atoms. The summed E-state index contributed by atoms with van der Waals surface area (Å²) in [7, 11) is 0. The molecule has 94 valence electrons. The quantitative estimate of drug-likeness (QED) is 0.821. The van der Waals surface area contributed by atoms with Crippen LogP contribution in [0.4, 0.5) is 5.69 Å². The van der Waals surface area contributed by atoms with Crippen molar-refractivity contribution in [1.29, 1.82) is 0 Å². The molecule has 0 heterocycles. The van der Waals surface area contributed by atoms with Gasteiger partial charge >= 0.3 is 0 Å². The summed E-state index contributed by atoms with van der Waals surface area (Å²) < 4.78 is 0.876. The van der Waals surface area contributed by atoms with Crippen LogP contribution in [0.15, 0.2) is 22.7 Å². The van der Waals surface area contributed by atoms with Crippen molar-refractivity contribution in [3.63, 3.8) is 0 Å². The SMILES string of the molecule is CCSCC(C)NC(=O)c1ccc(Br)cc1N. The van der Waals surface area contributed by atoms with Crippen LogP contribution in [0.2, 0.25) is 0 Å². The second-order valence-electron chi connectivity index (χ2n) is 3.77. The molecule has 0 spiro atoms. The number of nitrogens with one attached hydrogen (secondary N) is 1. The Morgan fingerprint density at radius 3 is 2.88 bits per heavy atom. The molecule has 17 heavy (non-hydrogen) atoms. The van der Waals surface area contributed by atoms with Crippen LogP contribution in [0.1, 0.15) is 24.2 Å². The van der Waals surface area contributed by atoms with Gasteiger partial charge in [-0.05, 0) is 30.9 Å². The monoisotopic (exact) mass is 316 g/mol. The van der Waals surface area contributed by atoms with Crippen molar-refractivity contribution < 1.29 is 4.79 Å². The van der Waals surface area contributed by atoms with Gasteiger partial charge < -0.3 is 11.1 Å². The average molecular weight is 317 g/mol. The molecule has 5 heteroatoms. The number of thioether (sulfide) groups is 1.